The molecule has 0 saturated heterocycles. The third kappa shape index (κ3) is 1.95. The summed E-state index contributed by atoms with van der Waals surface area (Å²) in [5.74, 6) is 0.393. The van der Waals surface area contributed by atoms with Crippen molar-refractivity contribution in [1.82, 2.24) is 0 Å². The highest BCUT2D eigenvalue weighted by atomic mass is 35.7. The molecule has 2 N–H and O–H groups in total. The van der Waals surface area contributed by atoms with E-state index in [0.29, 0.717) is 5.76 Å². The molecule has 0 saturated carbocycles. The highest BCUT2D eigenvalue weighted by Crippen LogP contribution is 2.17. The summed E-state index contributed by atoms with van der Waals surface area (Å²) in [6, 6.07) is 2.74. The van der Waals surface area contributed by atoms with Gasteiger partial charge in [-0.2, -0.15) is 0 Å². The van der Waals surface area contributed by atoms with Crippen LogP contribution < -0.4 is 5.73 Å². The van der Waals surface area contributed by atoms with Crippen LogP contribution in [0.2, 0.25) is 0 Å². The molecule has 6 heteroatoms. The lowest BCUT2D eigenvalue weighted by Crippen LogP contribution is -1.93. The van der Waals surface area contributed by atoms with Gasteiger partial charge >= 0.3 is 0 Å². The molecule has 0 bridgehead atoms. The molecule has 0 fully saturated rings. The van der Waals surface area contributed by atoms with E-state index in [2.05, 4.69) is 0 Å². The second kappa shape index (κ2) is 2.84. The van der Waals surface area contributed by atoms with Gasteiger partial charge in [0, 0.05) is 10.7 Å². The van der Waals surface area contributed by atoms with Gasteiger partial charge in [0.25, 0.3) is 9.05 Å². The molecule has 62 valence electrons. The van der Waals surface area contributed by atoms with E-state index in [9.17, 15) is 8.42 Å². The smallest absolute Gasteiger partial charge is 0.294 e. The summed E-state index contributed by atoms with van der Waals surface area (Å²) in [4.78, 5) is 0. The Bertz CT molecular complexity index is 342. The van der Waals surface area contributed by atoms with E-state index >= 15 is 0 Å². The Morgan fingerprint density at radius 1 is 1.55 bits per heavy atom. The lowest BCUT2D eigenvalue weighted by atomic mass is 10.5. The van der Waals surface area contributed by atoms with Gasteiger partial charge in [0.15, 0.2) is 0 Å². The maximum atomic E-state index is 10.6. The molecule has 0 amide bonds. The van der Waals surface area contributed by atoms with Crippen LogP contribution in [-0.4, -0.2) is 8.42 Å². The number of hydrogen-bond acceptors (Lipinski definition) is 4. The molecular weight excluding hydrogens is 190 g/mol. The van der Waals surface area contributed by atoms with Gasteiger partial charge in [-0.1, -0.05) is 0 Å². The molecule has 1 aromatic rings. The zero-order valence-electron chi connectivity index (χ0n) is 5.45. The maximum absolute atomic E-state index is 10.6. The highest BCUT2D eigenvalue weighted by molar-refractivity contribution is 8.13. The Morgan fingerprint density at radius 3 is 2.45 bits per heavy atom. The summed E-state index contributed by atoms with van der Waals surface area (Å²) in [6.45, 7) is 0.159. The molecule has 1 aromatic heterocycles. The van der Waals surface area contributed by atoms with E-state index in [1.807, 2.05) is 0 Å². The van der Waals surface area contributed by atoms with Crippen LogP contribution in [0.1, 0.15) is 5.76 Å². The molecule has 0 spiro atoms. The Labute approximate surface area is 68.4 Å². The van der Waals surface area contributed by atoms with Crippen LogP contribution in [0.5, 0.6) is 0 Å². The number of halogens is 1. The van der Waals surface area contributed by atoms with Crippen molar-refractivity contribution >= 4 is 19.7 Å². The number of nitrogens with two attached hydrogens (primary N) is 1. The van der Waals surface area contributed by atoms with Crippen molar-refractivity contribution in [3.05, 3.63) is 17.9 Å². The van der Waals surface area contributed by atoms with Crippen molar-refractivity contribution in [3.63, 3.8) is 0 Å². The van der Waals surface area contributed by atoms with Crippen molar-refractivity contribution in [2.24, 2.45) is 5.73 Å². The van der Waals surface area contributed by atoms with E-state index in [1.54, 1.807) is 0 Å². The number of rotatable bonds is 2. The third-order valence-corrected chi connectivity index (χ3v) is 2.23. The average Bonchev–Trinajstić information content (AvgIpc) is 2.32. The summed E-state index contributed by atoms with van der Waals surface area (Å²) >= 11 is 0. The summed E-state index contributed by atoms with van der Waals surface area (Å²) in [7, 11) is 1.22. The summed E-state index contributed by atoms with van der Waals surface area (Å²) in [5.41, 5.74) is 5.17. The minimum absolute atomic E-state index is 0.159. The van der Waals surface area contributed by atoms with E-state index in [4.69, 9.17) is 20.8 Å². The summed E-state index contributed by atoms with van der Waals surface area (Å²) in [6.07, 6.45) is 0. The quantitative estimate of drug-likeness (QED) is 0.704. The van der Waals surface area contributed by atoms with E-state index in [0.717, 1.165) is 0 Å². The topological polar surface area (TPSA) is 73.3 Å². The SMILES string of the molecule is NCc1ccc(S(=O)(=O)Cl)o1. The standard InChI is InChI=1S/C5H6ClNO3S/c6-11(8,9)5-2-1-4(3-7)10-5/h1-2H,3,7H2. The average molecular weight is 196 g/mol. The van der Waals surface area contributed by atoms with E-state index in [-0.39, 0.29) is 11.6 Å². The van der Waals surface area contributed by atoms with Crippen molar-refractivity contribution in [3.8, 4) is 0 Å². The lowest BCUT2D eigenvalue weighted by Gasteiger charge is -1.87. The molecule has 0 atom stereocenters. The molecule has 1 rings (SSSR count). The molecule has 0 radical (unpaired) electrons. The van der Waals surface area contributed by atoms with Crippen molar-refractivity contribution < 1.29 is 12.8 Å². The van der Waals surface area contributed by atoms with Gasteiger partial charge in [-0.15, -0.1) is 0 Å². The predicted molar refractivity (Wildman–Crippen MR) is 39.6 cm³/mol. The van der Waals surface area contributed by atoms with Crippen LogP contribution in [0.15, 0.2) is 21.6 Å². The first-order chi connectivity index (χ1) is 5.04. The van der Waals surface area contributed by atoms with Crippen LogP contribution in [0.4, 0.5) is 0 Å². The van der Waals surface area contributed by atoms with Crippen LogP contribution >= 0.6 is 10.7 Å². The van der Waals surface area contributed by atoms with Gasteiger partial charge < -0.3 is 10.2 Å². The van der Waals surface area contributed by atoms with Crippen LogP contribution in [-0.2, 0) is 15.6 Å². The fourth-order valence-electron chi connectivity index (χ4n) is 0.599. The van der Waals surface area contributed by atoms with Crippen molar-refractivity contribution in [1.29, 1.82) is 0 Å². The third-order valence-electron chi connectivity index (χ3n) is 1.08. The molecule has 0 aliphatic carbocycles. The van der Waals surface area contributed by atoms with Crippen LogP contribution in [0.25, 0.3) is 0 Å². The molecule has 0 aliphatic rings. The Balaban J connectivity index is 3.09. The molecule has 0 aromatic carbocycles. The summed E-state index contributed by atoms with van der Waals surface area (Å²) in [5, 5.41) is -0.264. The fraction of sp³-hybridized carbons (Fsp3) is 0.200. The van der Waals surface area contributed by atoms with Gasteiger partial charge in [0.05, 0.1) is 6.54 Å². The summed E-state index contributed by atoms with van der Waals surface area (Å²) < 4.78 is 25.9. The minimum Gasteiger partial charge on any atom is -0.447 e. The van der Waals surface area contributed by atoms with Gasteiger partial charge in [0.1, 0.15) is 5.76 Å². The predicted octanol–water partition coefficient (Wildman–Crippen LogP) is 0.666. The zero-order chi connectivity index (χ0) is 8.48. The van der Waals surface area contributed by atoms with E-state index < -0.39 is 9.05 Å². The Morgan fingerprint density at radius 2 is 2.18 bits per heavy atom. The van der Waals surface area contributed by atoms with Crippen LogP contribution in [0, 0.1) is 0 Å². The first-order valence-electron chi connectivity index (χ1n) is 2.77. The lowest BCUT2D eigenvalue weighted by molar-refractivity contribution is 0.419. The highest BCUT2D eigenvalue weighted by Gasteiger charge is 2.14. The van der Waals surface area contributed by atoms with Gasteiger partial charge in [-0.05, 0) is 12.1 Å². The molecule has 11 heavy (non-hydrogen) atoms. The second-order valence-electron chi connectivity index (χ2n) is 1.86. The normalized spacial score (nSPS) is 11.8. The van der Waals surface area contributed by atoms with Gasteiger partial charge in [-0.3, -0.25) is 0 Å². The molecular formula is C5H6ClNO3S. The first-order valence-corrected chi connectivity index (χ1v) is 5.08. The van der Waals surface area contributed by atoms with Gasteiger partial charge in [0.2, 0.25) is 5.09 Å². The monoisotopic (exact) mass is 195 g/mol. The Kier molecular flexibility index (Phi) is 2.22. The van der Waals surface area contributed by atoms with Gasteiger partial charge in [-0.25, -0.2) is 8.42 Å². The number of hydrogen-bond donors (Lipinski definition) is 1. The molecule has 1 heterocycles. The van der Waals surface area contributed by atoms with Crippen molar-refractivity contribution in [2.45, 2.75) is 11.6 Å². The van der Waals surface area contributed by atoms with E-state index in [1.165, 1.54) is 12.1 Å². The Hall–Kier alpha value is -0.520. The fourth-order valence-corrected chi connectivity index (χ4v) is 1.28. The molecule has 0 aliphatic heterocycles. The molecule has 4 nitrogen and oxygen atoms in total. The van der Waals surface area contributed by atoms with Crippen molar-refractivity contribution in [2.75, 3.05) is 0 Å². The van der Waals surface area contributed by atoms with Crippen LogP contribution in [0.3, 0.4) is 0 Å². The zero-order valence-corrected chi connectivity index (χ0v) is 7.02. The minimum atomic E-state index is -3.74. The number of furan rings is 1. The second-order valence-corrected chi connectivity index (χ2v) is 4.36. The first kappa shape index (κ1) is 8.58. The molecule has 0 unspecified atom stereocenters. The largest absolute Gasteiger partial charge is 0.447 e. The maximum Gasteiger partial charge on any atom is 0.294 e.